The molecule has 0 aromatic carbocycles. The molecule has 0 aliphatic heterocycles. The minimum atomic E-state index is -0.489. The molecule has 2 atom stereocenters. The molecular weight excluding hydrogens is 163 g/mol. The van der Waals surface area contributed by atoms with Crippen molar-refractivity contribution in [1.82, 2.24) is 0 Å². The lowest BCUT2D eigenvalue weighted by Crippen LogP contribution is -2.03. The lowest BCUT2D eigenvalue weighted by Gasteiger charge is -2.11. The van der Waals surface area contributed by atoms with Gasteiger partial charge < -0.3 is 0 Å². The van der Waals surface area contributed by atoms with E-state index < -0.39 is 6.17 Å². The highest BCUT2D eigenvalue weighted by Gasteiger charge is 2.25. The monoisotopic (exact) mass is 190 g/mol. The normalized spacial score (nSPS) is 25.8. The van der Waals surface area contributed by atoms with Crippen LogP contribution in [-0.4, -0.2) is 6.17 Å². The second kappa shape index (κ2) is 10.0. The van der Waals surface area contributed by atoms with Crippen molar-refractivity contribution in [2.45, 2.75) is 67.0 Å². The number of halogens is 1. The summed E-state index contributed by atoms with van der Waals surface area (Å²) in [6.07, 6.45) is 2.25. The Morgan fingerprint density at radius 3 is 1.62 bits per heavy atom. The van der Waals surface area contributed by atoms with Crippen molar-refractivity contribution < 1.29 is 4.39 Å². The maximum atomic E-state index is 12.5. The molecule has 0 aromatic rings. The Morgan fingerprint density at radius 2 is 1.46 bits per heavy atom. The first-order valence-corrected chi connectivity index (χ1v) is 5.84. The Balaban J connectivity index is 0. The maximum absolute atomic E-state index is 12.5. The van der Waals surface area contributed by atoms with Gasteiger partial charge in [0.25, 0.3) is 0 Å². The number of rotatable bonds is 1. The van der Waals surface area contributed by atoms with Gasteiger partial charge >= 0.3 is 0 Å². The van der Waals surface area contributed by atoms with E-state index in [9.17, 15) is 4.39 Å². The van der Waals surface area contributed by atoms with Crippen LogP contribution < -0.4 is 0 Å². The summed E-state index contributed by atoms with van der Waals surface area (Å²) >= 11 is 0. The second-order valence-electron chi connectivity index (χ2n) is 3.41. The van der Waals surface area contributed by atoms with Crippen LogP contribution in [0.2, 0.25) is 0 Å². The lowest BCUT2D eigenvalue weighted by molar-refractivity contribution is 0.310. The van der Waals surface area contributed by atoms with Crippen molar-refractivity contribution in [1.29, 1.82) is 0 Å². The average molecular weight is 190 g/mol. The van der Waals surface area contributed by atoms with E-state index in [1.165, 1.54) is 0 Å². The highest BCUT2D eigenvalue weighted by Crippen LogP contribution is 2.32. The van der Waals surface area contributed by atoms with Crippen LogP contribution in [0, 0.1) is 11.8 Å². The van der Waals surface area contributed by atoms with E-state index in [-0.39, 0.29) is 0 Å². The smallest absolute Gasteiger partial charge is 0.100 e. The summed E-state index contributed by atoms with van der Waals surface area (Å²) in [6, 6.07) is 0. The molecule has 1 aliphatic carbocycles. The molecule has 1 saturated carbocycles. The van der Waals surface area contributed by atoms with Crippen LogP contribution in [-0.2, 0) is 0 Å². The largest absolute Gasteiger partial charge is 0.247 e. The summed E-state index contributed by atoms with van der Waals surface area (Å²) in [7, 11) is 0. The molecule has 0 nitrogen and oxygen atoms in total. The summed E-state index contributed by atoms with van der Waals surface area (Å²) in [6.45, 7) is 12.4. The van der Waals surface area contributed by atoms with Crippen LogP contribution in [0.5, 0.6) is 0 Å². The molecule has 1 heteroatoms. The molecule has 0 aromatic heterocycles. The van der Waals surface area contributed by atoms with E-state index in [4.69, 9.17) is 0 Å². The minimum Gasteiger partial charge on any atom is -0.247 e. The zero-order valence-electron chi connectivity index (χ0n) is 10.2. The van der Waals surface area contributed by atoms with Crippen molar-refractivity contribution in [2.24, 2.45) is 11.8 Å². The number of hydrogen-bond acceptors (Lipinski definition) is 0. The Kier molecular flexibility index (Phi) is 11.9. The standard InChI is InChI=1S/C8H15F.2C2H6/c1-6(2)7-3-4-8(9)5-7;2*1-2/h6-8H,3-5H2,1-2H3;2*1-2H3. The molecule has 13 heavy (non-hydrogen) atoms. The first-order valence-electron chi connectivity index (χ1n) is 5.84. The highest BCUT2D eigenvalue weighted by molar-refractivity contribution is 4.76. The predicted octanol–water partition coefficient (Wildman–Crippen LogP) is 4.83. The van der Waals surface area contributed by atoms with Gasteiger partial charge in [-0.05, 0) is 31.1 Å². The van der Waals surface area contributed by atoms with Gasteiger partial charge in [0.1, 0.15) is 6.17 Å². The Morgan fingerprint density at radius 1 is 1.00 bits per heavy atom. The molecule has 1 rings (SSSR count). The predicted molar refractivity (Wildman–Crippen MR) is 59.8 cm³/mol. The van der Waals surface area contributed by atoms with Gasteiger partial charge in [-0.2, -0.15) is 0 Å². The fourth-order valence-electron chi connectivity index (χ4n) is 1.56. The van der Waals surface area contributed by atoms with Gasteiger partial charge in [-0.3, -0.25) is 0 Å². The van der Waals surface area contributed by atoms with E-state index in [0.717, 1.165) is 19.3 Å². The van der Waals surface area contributed by atoms with E-state index >= 15 is 0 Å². The molecule has 0 heterocycles. The summed E-state index contributed by atoms with van der Waals surface area (Å²) in [4.78, 5) is 0. The van der Waals surface area contributed by atoms with Crippen molar-refractivity contribution in [2.75, 3.05) is 0 Å². The topological polar surface area (TPSA) is 0 Å². The zero-order valence-corrected chi connectivity index (χ0v) is 10.2. The van der Waals surface area contributed by atoms with Crippen LogP contribution in [0.4, 0.5) is 4.39 Å². The van der Waals surface area contributed by atoms with E-state index in [1.807, 2.05) is 27.7 Å². The molecule has 1 aliphatic rings. The zero-order chi connectivity index (χ0) is 10.9. The first kappa shape index (κ1) is 15.4. The fourth-order valence-corrected chi connectivity index (χ4v) is 1.56. The third-order valence-corrected chi connectivity index (χ3v) is 2.35. The van der Waals surface area contributed by atoms with Gasteiger partial charge in [0, 0.05) is 0 Å². The molecular formula is C12H27F. The molecule has 0 amide bonds. The van der Waals surface area contributed by atoms with Crippen LogP contribution in [0.1, 0.15) is 60.8 Å². The van der Waals surface area contributed by atoms with Gasteiger partial charge in [-0.1, -0.05) is 41.5 Å². The van der Waals surface area contributed by atoms with E-state index in [1.54, 1.807) is 0 Å². The Hall–Kier alpha value is -0.0700. The molecule has 1 fully saturated rings. The quantitative estimate of drug-likeness (QED) is 0.555. The highest BCUT2D eigenvalue weighted by atomic mass is 19.1. The van der Waals surface area contributed by atoms with Gasteiger partial charge in [0.05, 0.1) is 0 Å². The Bertz CT molecular complexity index is 89.1. The van der Waals surface area contributed by atoms with Crippen molar-refractivity contribution in [3.63, 3.8) is 0 Å². The summed E-state index contributed by atoms with van der Waals surface area (Å²) in [5.41, 5.74) is 0. The van der Waals surface area contributed by atoms with Crippen LogP contribution >= 0.6 is 0 Å². The van der Waals surface area contributed by atoms with Crippen LogP contribution in [0.25, 0.3) is 0 Å². The lowest BCUT2D eigenvalue weighted by atomic mass is 9.95. The van der Waals surface area contributed by atoms with E-state index in [0.29, 0.717) is 11.8 Å². The number of hydrogen-bond donors (Lipinski definition) is 0. The van der Waals surface area contributed by atoms with Crippen LogP contribution in [0.3, 0.4) is 0 Å². The molecule has 0 bridgehead atoms. The molecule has 0 radical (unpaired) electrons. The third kappa shape index (κ3) is 7.04. The average Bonchev–Trinajstić information content (AvgIpc) is 2.59. The van der Waals surface area contributed by atoms with Gasteiger partial charge in [0.2, 0.25) is 0 Å². The van der Waals surface area contributed by atoms with Crippen LogP contribution in [0.15, 0.2) is 0 Å². The molecule has 0 spiro atoms. The molecule has 0 saturated heterocycles. The first-order chi connectivity index (χ1) is 6.20. The van der Waals surface area contributed by atoms with Crippen molar-refractivity contribution >= 4 is 0 Å². The summed E-state index contributed by atoms with van der Waals surface area (Å²) < 4.78 is 12.5. The molecule has 82 valence electrons. The van der Waals surface area contributed by atoms with Gasteiger partial charge in [-0.15, -0.1) is 0 Å². The number of alkyl halides is 1. The van der Waals surface area contributed by atoms with Crippen molar-refractivity contribution in [3.8, 4) is 0 Å². The summed E-state index contributed by atoms with van der Waals surface area (Å²) in [5.74, 6) is 1.35. The third-order valence-electron chi connectivity index (χ3n) is 2.35. The minimum absolute atomic E-state index is 0.489. The van der Waals surface area contributed by atoms with Gasteiger partial charge in [-0.25, -0.2) is 4.39 Å². The maximum Gasteiger partial charge on any atom is 0.100 e. The SMILES string of the molecule is CC.CC.CC(C)C1CCC(F)C1. The Labute approximate surface area is 83.9 Å². The van der Waals surface area contributed by atoms with E-state index in [2.05, 4.69) is 13.8 Å². The summed E-state index contributed by atoms with van der Waals surface area (Å²) in [5, 5.41) is 0. The molecule has 0 N–H and O–H groups in total. The molecule has 2 unspecified atom stereocenters. The second-order valence-corrected chi connectivity index (χ2v) is 3.41. The van der Waals surface area contributed by atoms with Gasteiger partial charge in [0.15, 0.2) is 0 Å². The fraction of sp³-hybridized carbons (Fsp3) is 1.00. The van der Waals surface area contributed by atoms with Crippen molar-refractivity contribution in [3.05, 3.63) is 0 Å².